The third kappa shape index (κ3) is 3.98. The zero-order valence-corrected chi connectivity index (χ0v) is 15.7. The average Bonchev–Trinajstić information content (AvgIpc) is 2.67. The highest BCUT2D eigenvalue weighted by Crippen LogP contribution is 2.31. The smallest absolute Gasteiger partial charge is 0.293 e. The number of hydrogen-bond acceptors (Lipinski definition) is 5. The first-order valence-corrected chi connectivity index (χ1v) is 9.46. The molecule has 0 atom stereocenters. The van der Waals surface area contributed by atoms with Gasteiger partial charge in [0, 0.05) is 50.9 Å². The number of likely N-dealkylation sites (N-methyl/N-ethyl adjacent to an activating group) is 1. The largest absolute Gasteiger partial charge is 0.363 e. The molecule has 7 heteroatoms. The molecule has 26 heavy (non-hydrogen) atoms. The number of anilines is 1. The molecule has 0 bridgehead atoms. The topological polar surface area (TPSA) is 69.9 Å². The third-order valence-corrected chi connectivity index (χ3v) is 5.71. The normalized spacial score (nSPS) is 19.4. The Balaban J connectivity index is 1.81. The van der Waals surface area contributed by atoms with Crippen LogP contribution in [0.1, 0.15) is 42.5 Å². The van der Waals surface area contributed by atoms with E-state index in [4.69, 9.17) is 0 Å². The van der Waals surface area contributed by atoms with Gasteiger partial charge >= 0.3 is 0 Å². The molecule has 1 aliphatic heterocycles. The Bertz CT molecular complexity index is 665. The highest BCUT2D eigenvalue weighted by Gasteiger charge is 2.27. The van der Waals surface area contributed by atoms with Crippen LogP contribution in [0.3, 0.4) is 0 Å². The van der Waals surface area contributed by atoms with Gasteiger partial charge in [0.1, 0.15) is 5.69 Å². The molecule has 1 amide bonds. The number of nitro groups is 1. The molecule has 0 unspecified atom stereocenters. The Kier molecular flexibility index (Phi) is 5.76. The molecular formula is C19H28N4O3. The van der Waals surface area contributed by atoms with Gasteiger partial charge in [0.2, 0.25) is 0 Å². The van der Waals surface area contributed by atoms with Crippen LogP contribution in [0.5, 0.6) is 0 Å². The summed E-state index contributed by atoms with van der Waals surface area (Å²) in [6.07, 6.45) is 5.55. The highest BCUT2D eigenvalue weighted by molar-refractivity contribution is 5.95. The fourth-order valence-corrected chi connectivity index (χ4v) is 3.96. The number of carbonyl (C=O) groups excluding carboxylic acids is 1. The maximum atomic E-state index is 12.8. The second kappa shape index (κ2) is 8.03. The van der Waals surface area contributed by atoms with Crippen LogP contribution >= 0.6 is 0 Å². The Morgan fingerprint density at radius 1 is 1.15 bits per heavy atom. The van der Waals surface area contributed by atoms with E-state index in [9.17, 15) is 14.9 Å². The number of piperazine rings is 1. The molecule has 1 aromatic carbocycles. The van der Waals surface area contributed by atoms with Crippen molar-refractivity contribution in [3.8, 4) is 0 Å². The molecular weight excluding hydrogens is 332 g/mol. The zero-order chi connectivity index (χ0) is 18.7. The van der Waals surface area contributed by atoms with Gasteiger partial charge in [0.15, 0.2) is 0 Å². The van der Waals surface area contributed by atoms with Crippen LogP contribution in [-0.2, 0) is 0 Å². The average molecular weight is 360 g/mol. The minimum absolute atomic E-state index is 0.0254. The lowest BCUT2D eigenvalue weighted by atomic mass is 9.94. The van der Waals surface area contributed by atoms with Gasteiger partial charge in [-0.3, -0.25) is 14.9 Å². The van der Waals surface area contributed by atoms with Crippen molar-refractivity contribution in [3.63, 3.8) is 0 Å². The van der Waals surface area contributed by atoms with E-state index in [0.29, 0.717) is 11.3 Å². The summed E-state index contributed by atoms with van der Waals surface area (Å²) in [7, 11) is 3.87. The maximum absolute atomic E-state index is 12.8. The molecule has 3 rings (SSSR count). The lowest BCUT2D eigenvalue weighted by molar-refractivity contribution is -0.384. The van der Waals surface area contributed by atoms with E-state index in [2.05, 4.69) is 11.9 Å². The standard InChI is InChI=1S/C19H28N4O3/c1-20-10-12-22(13-11-20)17-9-8-15(14-18(17)23(25)26)19(24)21(2)16-6-4-3-5-7-16/h8-9,14,16H,3-7,10-13H2,1-2H3. The molecule has 2 aliphatic rings. The van der Waals surface area contributed by atoms with Crippen LogP contribution in [-0.4, -0.2) is 66.9 Å². The molecule has 1 aliphatic carbocycles. The van der Waals surface area contributed by atoms with Crippen molar-refractivity contribution in [3.05, 3.63) is 33.9 Å². The maximum Gasteiger partial charge on any atom is 0.293 e. The molecule has 0 N–H and O–H groups in total. The molecule has 2 fully saturated rings. The molecule has 142 valence electrons. The van der Waals surface area contributed by atoms with Crippen LogP contribution < -0.4 is 4.90 Å². The van der Waals surface area contributed by atoms with Crippen molar-refractivity contribution in [2.75, 3.05) is 45.2 Å². The monoisotopic (exact) mass is 360 g/mol. The lowest BCUT2D eigenvalue weighted by Gasteiger charge is -2.34. The molecule has 0 aromatic heterocycles. The van der Waals surface area contributed by atoms with Crippen molar-refractivity contribution in [2.24, 2.45) is 0 Å². The molecule has 1 aromatic rings. The van der Waals surface area contributed by atoms with Gasteiger partial charge < -0.3 is 14.7 Å². The minimum atomic E-state index is -0.370. The van der Waals surface area contributed by atoms with E-state index < -0.39 is 0 Å². The fraction of sp³-hybridized carbons (Fsp3) is 0.632. The van der Waals surface area contributed by atoms with E-state index in [1.807, 2.05) is 11.9 Å². The quantitative estimate of drug-likeness (QED) is 0.610. The number of nitro benzene ring substituents is 1. The predicted octanol–water partition coefficient (Wildman–Crippen LogP) is 2.75. The SMILES string of the molecule is CN1CCN(c2ccc(C(=O)N(C)C3CCCCC3)cc2[N+](=O)[O-])CC1. The molecule has 1 saturated carbocycles. The highest BCUT2D eigenvalue weighted by atomic mass is 16.6. The summed E-state index contributed by atoms with van der Waals surface area (Å²) >= 11 is 0. The predicted molar refractivity (Wildman–Crippen MR) is 102 cm³/mol. The van der Waals surface area contributed by atoms with Crippen molar-refractivity contribution in [2.45, 2.75) is 38.1 Å². The minimum Gasteiger partial charge on any atom is -0.363 e. The van der Waals surface area contributed by atoms with Gasteiger partial charge in [-0.15, -0.1) is 0 Å². The van der Waals surface area contributed by atoms with Crippen molar-refractivity contribution in [1.29, 1.82) is 0 Å². The molecule has 1 saturated heterocycles. The Labute approximate surface area is 154 Å². The first-order valence-electron chi connectivity index (χ1n) is 9.46. The van der Waals surface area contributed by atoms with Gasteiger partial charge in [0.25, 0.3) is 11.6 Å². The van der Waals surface area contributed by atoms with Crippen molar-refractivity contribution < 1.29 is 9.72 Å². The van der Waals surface area contributed by atoms with E-state index in [1.165, 1.54) is 12.5 Å². The van der Waals surface area contributed by atoms with Crippen LogP contribution in [0, 0.1) is 10.1 Å². The number of amides is 1. The fourth-order valence-electron chi connectivity index (χ4n) is 3.96. The summed E-state index contributed by atoms with van der Waals surface area (Å²) in [4.78, 5) is 30.1. The Morgan fingerprint density at radius 3 is 2.42 bits per heavy atom. The summed E-state index contributed by atoms with van der Waals surface area (Å²) in [5, 5.41) is 11.6. The van der Waals surface area contributed by atoms with E-state index >= 15 is 0 Å². The number of benzene rings is 1. The van der Waals surface area contributed by atoms with Gasteiger partial charge in [0.05, 0.1) is 4.92 Å². The number of carbonyl (C=O) groups is 1. The van der Waals surface area contributed by atoms with Crippen molar-refractivity contribution in [1.82, 2.24) is 9.80 Å². The van der Waals surface area contributed by atoms with Gasteiger partial charge in [-0.1, -0.05) is 19.3 Å². The van der Waals surface area contributed by atoms with Crippen LogP contribution in [0.2, 0.25) is 0 Å². The van der Waals surface area contributed by atoms with E-state index in [-0.39, 0.29) is 22.6 Å². The van der Waals surface area contributed by atoms with Crippen LogP contribution in [0.25, 0.3) is 0 Å². The van der Waals surface area contributed by atoms with Crippen LogP contribution in [0.4, 0.5) is 11.4 Å². The second-order valence-corrected chi connectivity index (χ2v) is 7.46. The van der Waals surface area contributed by atoms with Gasteiger partial charge in [-0.25, -0.2) is 0 Å². The molecule has 1 heterocycles. The number of hydrogen-bond donors (Lipinski definition) is 0. The first-order chi connectivity index (χ1) is 12.5. The summed E-state index contributed by atoms with van der Waals surface area (Å²) in [5.74, 6) is -0.120. The van der Waals surface area contributed by atoms with E-state index in [1.54, 1.807) is 17.0 Å². The summed E-state index contributed by atoms with van der Waals surface area (Å²) in [6.45, 7) is 3.27. The Hall–Kier alpha value is -2.15. The Morgan fingerprint density at radius 2 is 1.81 bits per heavy atom. The third-order valence-electron chi connectivity index (χ3n) is 5.71. The molecule has 0 radical (unpaired) electrons. The van der Waals surface area contributed by atoms with E-state index in [0.717, 1.165) is 51.9 Å². The molecule has 7 nitrogen and oxygen atoms in total. The summed E-state index contributed by atoms with van der Waals surface area (Å²) < 4.78 is 0. The van der Waals surface area contributed by atoms with Gasteiger partial charge in [-0.2, -0.15) is 0 Å². The van der Waals surface area contributed by atoms with Crippen molar-refractivity contribution >= 4 is 17.3 Å². The van der Waals surface area contributed by atoms with Gasteiger partial charge in [-0.05, 0) is 32.0 Å². The molecule has 0 spiro atoms. The first kappa shape index (κ1) is 18.6. The second-order valence-electron chi connectivity index (χ2n) is 7.46. The number of nitrogens with zero attached hydrogens (tertiary/aromatic N) is 4. The zero-order valence-electron chi connectivity index (χ0n) is 15.7. The summed E-state index contributed by atoms with van der Waals surface area (Å²) in [6, 6.07) is 5.18. The van der Waals surface area contributed by atoms with Crippen LogP contribution in [0.15, 0.2) is 18.2 Å². The lowest BCUT2D eigenvalue weighted by Crippen LogP contribution is -2.44. The number of rotatable bonds is 4. The summed E-state index contributed by atoms with van der Waals surface area (Å²) in [5.41, 5.74) is 1.04.